The highest BCUT2D eigenvalue weighted by molar-refractivity contribution is 5.93. The van der Waals surface area contributed by atoms with Crippen molar-refractivity contribution in [1.29, 1.82) is 0 Å². The fraction of sp³-hybridized carbons (Fsp3) is 0.286. The lowest BCUT2D eigenvalue weighted by Gasteiger charge is -2.13. The molecule has 0 fully saturated rings. The predicted molar refractivity (Wildman–Crippen MR) is 72.1 cm³/mol. The minimum Gasteiger partial charge on any atom is -0.299 e. The van der Waals surface area contributed by atoms with Gasteiger partial charge in [0.25, 0.3) is 5.69 Å². The Morgan fingerprint density at radius 3 is 2.74 bits per heavy atom. The number of Topliss-reactive ketones (excluding diaryl/α,β-unsaturated/α-hetero) is 1. The van der Waals surface area contributed by atoms with Gasteiger partial charge >= 0.3 is 0 Å². The number of hydrogen-bond acceptors (Lipinski definition) is 4. The number of nitrogens with zero attached hydrogens (tertiary/aromatic N) is 2. The largest absolute Gasteiger partial charge is 0.299 e. The molecule has 1 aromatic carbocycles. The van der Waals surface area contributed by atoms with Gasteiger partial charge in [-0.25, -0.2) is 0 Å². The second-order valence-corrected chi connectivity index (χ2v) is 4.40. The number of nitro benzene ring substituents is 1. The van der Waals surface area contributed by atoms with Gasteiger partial charge in [0.1, 0.15) is 5.78 Å². The summed E-state index contributed by atoms with van der Waals surface area (Å²) in [6.45, 7) is 3.31. The van der Waals surface area contributed by atoms with Gasteiger partial charge in [-0.15, -0.1) is 0 Å². The second-order valence-electron chi connectivity index (χ2n) is 4.40. The maximum atomic E-state index is 11.6. The summed E-state index contributed by atoms with van der Waals surface area (Å²) in [6.07, 6.45) is 2.13. The third-order valence-electron chi connectivity index (χ3n) is 3.24. The van der Waals surface area contributed by atoms with Crippen molar-refractivity contribution in [2.75, 3.05) is 0 Å². The molecule has 0 N–H and O–H groups in total. The fourth-order valence-electron chi connectivity index (χ4n) is 2.37. The van der Waals surface area contributed by atoms with Crippen molar-refractivity contribution in [3.05, 3.63) is 46.1 Å². The van der Waals surface area contributed by atoms with Gasteiger partial charge in [0.05, 0.1) is 15.8 Å². The smallest absolute Gasteiger partial charge is 0.282 e. The normalized spacial score (nSPS) is 12.3. The summed E-state index contributed by atoms with van der Waals surface area (Å²) in [5.41, 5.74) is 1.03. The Kier molecular flexibility index (Phi) is 3.55. The first-order valence-corrected chi connectivity index (χ1v) is 6.08. The summed E-state index contributed by atoms with van der Waals surface area (Å²) in [5, 5.41) is 11.8. The van der Waals surface area contributed by atoms with E-state index in [9.17, 15) is 14.9 Å². The van der Waals surface area contributed by atoms with E-state index in [1.165, 1.54) is 6.92 Å². The second kappa shape index (κ2) is 5.14. The van der Waals surface area contributed by atoms with E-state index in [-0.39, 0.29) is 11.5 Å². The van der Waals surface area contributed by atoms with Crippen LogP contribution in [0.4, 0.5) is 5.69 Å². The van der Waals surface area contributed by atoms with Crippen molar-refractivity contribution in [2.45, 2.75) is 26.2 Å². The van der Waals surface area contributed by atoms with Crippen LogP contribution in [-0.4, -0.2) is 15.7 Å². The molecule has 5 nitrogen and oxygen atoms in total. The zero-order valence-corrected chi connectivity index (χ0v) is 10.8. The molecule has 0 aliphatic heterocycles. The first kappa shape index (κ1) is 13.1. The third-order valence-corrected chi connectivity index (χ3v) is 3.24. The lowest BCUT2D eigenvalue weighted by Crippen LogP contribution is -2.10. The summed E-state index contributed by atoms with van der Waals surface area (Å²) in [7, 11) is 0. The zero-order valence-electron chi connectivity index (χ0n) is 10.8. The number of nitro groups is 1. The third kappa shape index (κ3) is 2.31. The van der Waals surface area contributed by atoms with Crippen LogP contribution in [-0.2, 0) is 4.79 Å². The van der Waals surface area contributed by atoms with Crippen molar-refractivity contribution in [3.63, 3.8) is 0 Å². The number of hydrogen-bond donors (Lipinski definition) is 0. The molecule has 5 heteroatoms. The number of aromatic nitrogens is 1. The molecule has 19 heavy (non-hydrogen) atoms. The molecule has 0 saturated heterocycles. The van der Waals surface area contributed by atoms with Gasteiger partial charge in [0.15, 0.2) is 0 Å². The highest BCUT2D eigenvalue weighted by Gasteiger charge is 2.26. The van der Waals surface area contributed by atoms with Gasteiger partial charge in [0, 0.05) is 17.7 Å². The Hall–Kier alpha value is -2.30. The summed E-state index contributed by atoms with van der Waals surface area (Å²) < 4.78 is 0. The first-order chi connectivity index (χ1) is 9.06. The van der Waals surface area contributed by atoms with E-state index >= 15 is 0 Å². The summed E-state index contributed by atoms with van der Waals surface area (Å²) in [4.78, 5) is 26.7. The van der Waals surface area contributed by atoms with Crippen LogP contribution in [0.1, 0.15) is 31.7 Å². The maximum Gasteiger partial charge on any atom is 0.282 e. The zero-order chi connectivity index (χ0) is 14.0. The van der Waals surface area contributed by atoms with E-state index in [1.54, 1.807) is 30.5 Å². The topological polar surface area (TPSA) is 73.1 Å². The first-order valence-electron chi connectivity index (χ1n) is 6.08. The van der Waals surface area contributed by atoms with E-state index in [4.69, 9.17) is 0 Å². The van der Waals surface area contributed by atoms with Gasteiger partial charge in [-0.1, -0.05) is 6.92 Å². The monoisotopic (exact) mass is 258 g/mol. The molecular weight excluding hydrogens is 244 g/mol. The lowest BCUT2D eigenvalue weighted by atomic mass is 9.90. The highest BCUT2D eigenvalue weighted by atomic mass is 16.6. The van der Waals surface area contributed by atoms with Gasteiger partial charge in [0.2, 0.25) is 0 Å². The molecule has 1 atom stereocenters. The van der Waals surface area contributed by atoms with Crippen molar-refractivity contribution < 1.29 is 9.72 Å². The molecule has 0 amide bonds. The number of fused-ring (bicyclic) bond motifs is 1. The van der Waals surface area contributed by atoms with Gasteiger partial charge in [-0.05, 0) is 37.6 Å². The number of carbonyl (C=O) groups is 1. The van der Waals surface area contributed by atoms with Crippen molar-refractivity contribution in [3.8, 4) is 0 Å². The van der Waals surface area contributed by atoms with Crippen LogP contribution < -0.4 is 0 Å². The number of benzene rings is 1. The molecule has 1 heterocycles. The average molecular weight is 258 g/mol. The molecule has 0 spiro atoms. The minimum atomic E-state index is -0.440. The number of carbonyl (C=O) groups excluding carboxylic acids is 1. The van der Waals surface area contributed by atoms with Crippen LogP contribution in [0.2, 0.25) is 0 Å². The van der Waals surface area contributed by atoms with Crippen LogP contribution >= 0.6 is 0 Å². The van der Waals surface area contributed by atoms with Crippen LogP contribution in [0.15, 0.2) is 30.5 Å². The van der Waals surface area contributed by atoms with E-state index in [1.807, 2.05) is 6.92 Å². The fourth-order valence-corrected chi connectivity index (χ4v) is 2.37. The molecule has 0 aliphatic carbocycles. The summed E-state index contributed by atoms with van der Waals surface area (Å²) >= 11 is 0. The molecule has 0 radical (unpaired) electrons. The van der Waals surface area contributed by atoms with E-state index < -0.39 is 10.8 Å². The van der Waals surface area contributed by atoms with Crippen LogP contribution in [0, 0.1) is 10.1 Å². The molecule has 2 aromatic rings. The Morgan fingerprint density at radius 2 is 2.16 bits per heavy atom. The Labute approximate surface area is 110 Å². The van der Waals surface area contributed by atoms with Crippen LogP contribution in [0.25, 0.3) is 10.9 Å². The van der Waals surface area contributed by atoms with Crippen molar-refractivity contribution in [2.24, 2.45) is 0 Å². The average Bonchev–Trinajstić information content (AvgIpc) is 2.38. The van der Waals surface area contributed by atoms with Crippen molar-refractivity contribution in [1.82, 2.24) is 4.98 Å². The molecule has 1 aromatic heterocycles. The van der Waals surface area contributed by atoms with Crippen LogP contribution in [0.3, 0.4) is 0 Å². The Bertz CT molecular complexity index is 652. The molecule has 0 bridgehead atoms. The van der Waals surface area contributed by atoms with Crippen molar-refractivity contribution >= 4 is 22.4 Å². The highest BCUT2D eigenvalue weighted by Crippen LogP contribution is 2.35. The standard InChI is InChI=1S/C14H14N2O3/c1-3-10(9(2)17)11-6-7-13-12(5-4-8-15-13)14(11)16(18)19/h4-8,10H,3H2,1-2H3. The minimum absolute atomic E-state index is 0.00681. The summed E-state index contributed by atoms with van der Waals surface area (Å²) in [6, 6.07) is 6.69. The molecule has 1 unspecified atom stereocenters. The number of pyridine rings is 1. The Balaban J connectivity index is 2.77. The molecule has 0 aliphatic rings. The molecule has 2 rings (SSSR count). The lowest BCUT2D eigenvalue weighted by molar-refractivity contribution is -0.383. The van der Waals surface area contributed by atoms with E-state index in [2.05, 4.69) is 4.98 Å². The Morgan fingerprint density at radius 1 is 1.42 bits per heavy atom. The predicted octanol–water partition coefficient (Wildman–Crippen LogP) is 3.23. The van der Waals surface area contributed by atoms with Gasteiger partial charge < -0.3 is 0 Å². The van der Waals surface area contributed by atoms with E-state index in [0.29, 0.717) is 22.9 Å². The molecular formula is C14H14N2O3. The number of ketones is 1. The molecule has 98 valence electrons. The summed E-state index contributed by atoms with van der Waals surface area (Å²) in [5.74, 6) is -0.501. The molecule has 0 saturated carbocycles. The van der Waals surface area contributed by atoms with Gasteiger partial charge in [-0.2, -0.15) is 0 Å². The quantitative estimate of drug-likeness (QED) is 0.623. The number of rotatable bonds is 4. The SMILES string of the molecule is CCC(C(C)=O)c1ccc2ncccc2c1[N+](=O)[O-]. The maximum absolute atomic E-state index is 11.6. The van der Waals surface area contributed by atoms with Gasteiger partial charge in [-0.3, -0.25) is 19.9 Å². The van der Waals surface area contributed by atoms with Crippen LogP contribution in [0.5, 0.6) is 0 Å². The van der Waals surface area contributed by atoms with E-state index in [0.717, 1.165) is 0 Å².